The van der Waals surface area contributed by atoms with E-state index in [1.54, 1.807) is 6.07 Å². The van der Waals surface area contributed by atoms with E-state index in [1.807, 2.05) is 12.1 Å². The number of benzene rings is 1. The van der Waals surface area contributed by atoms with Gasteiger partial charge in [-0.15, -0.1) is 0 Å². The lowest BCUT2D eigenvalue weighted by molar-refractivity contribution is -0.121. The summed E-state index contributed by atoms with van der Waals surface area (Å²) in [5, 5.41) is 6.49. The Bertz CT molecular complexity index is 818. The van der Waals surface area contributed by atoms with Gasteiger partial charge in [0.25, 0.3) is 5.91 Å². The second kappa shape index (κ2) is 5.84. The lowest BCUT2D eigenvalue weighted by atomic mass is 10.1. The maximum Gasteiger partial charge on any atom is 0.417 e. The summed E-state index contributed by atoms with van der Waals surface area (Å²) in [7, 11) is 0. The third-order valence-electron chi connectivity index (χ3n) is 3.35. The molecule has 3 N–H and O–H groups in total. The number of nitrogens with one attached hydrogen (secondary N) is 3. The van der Waals surface area contributed by atoms with Crippen molar-refractivity contribution < 1.29 is 14.0 Å². The number of hydrazone groups is 1. The molecule has 1 aliphatic rings. The zero-order valence-electron chi connectivity index (χ0n) is 11.6. The molecule has 8 nitrogen and oxygen atoms in total. The van der Waals surface area contributed by atoms with Crippen LogP contribution >= 0.6 is 0 Å². The van der Waals surface area contributed by atoms with E-state index in [-0.39, 0.29) is 18.2 Å². The van der Waals surface area contributed by atoms with Crippen LogP contribution in [0.2, 0.25) is 0 Å². The lowest BCUT2D eigenvalue weighted by Gasteiger charge is -2.11. The van der Waals surface area contributed by atoms with E-state index < -0.39 is 5.76 Å². The first-order chi connectivity index (χ1) is 10.6. The van der Waals surface area contributed by atoms with Crippen molar-refractivity contribution in [1.29, 1.82) is 0 Å². The second-order valence-corrected chi connectivity index (χ2v) is 4.94. The van der Waals surface area contributed by atoms with Crippen LogP contribution in [0.3, 0.4) is 0 Å². The molecular weight excluding hydrogens is 288 g/mol. The van der Waals surface area contributed by atoms with Gasteiger partial charge in [0.2, 0.25) is 5.91 Å². The largest absolute Gasteiger partial charge is 0.417 e. The lowest BCUT2D eigenvalue weighted by Crippen LogP contribution is -2.37. The van der Waals surface area contributed by atoms with Gasteiger partial charge in [0.15, 0.2) is 5.58 Å². The summed E-state index contributed by atoms with van der Waals surface area (Å²) in [5.74, 6) is -0.949. The predicted octanol–water partition coefficient (Wildman–Crippen LogP) is 0.0458. The average Bonchev–Trinajstić information content (AvgIpc) is 2.87. The maximum atomic E-state index is 11.9. The van der Waals surface area contributed by atoms with E-state index in [1.165, 1.54) is 0 Å². The number of hydrogen-bond donors (Lipinski definition) is 3. The van der Waals surface area contributed by atoms with E-state index in [2.05, 4.69) is 20.8 Å². The van der Waals surface area contributed by atoms with E-state index in [0.717, 1.165) is 5.56 Å². The molecule has 0 radical (unpaired) electrons. The van der Waals surface area contributed by atoms with Crippen LogP contribution in [-0.4, -0.2) is 29.1 Å². The van der Waals surface area contributed by atoms with Crippen molar-refractivity contribution in [3.05, 3.63) is 34.3 Å². The number of H-pyrrole nitrogens is 1. The first kappa shape index (κ1) is 14.1. The molecule has 114 valence electrons. The topological polar surface area (TPSA) is 117 Å². The highest BCUT2D eigenvalue weighted by molar-refractivity contribution is 6.39. The Labute approximate surface area is 124 Å². The molecule has 1 aromatic heterocycles. The van der Waals surface area contributed by atoms with Gasteiger partial charge in [0.1, 0.15) is 5.71 Å². The zero-order chi connectivity index (χ0) is 15.5. The Morgan fingerprint density at radius 1 is 1.32 bits per heavy atom. The van der Waals surface area contributed by atoms with Gasteiger partial charge in [0.05, 0.1) is 5.52 Å². The number of fused-ring (bicyclic) bond motifs is 1. The summed E-state index contributed by atoms with van der Waals surface area (Å²) < 4.78 is 4.92. The SMILES string of the molecule is O=C1CCC(C(=O)NCCc2ccc3oc(=O)[nH]c3c2)=NN1. The van der Waals surface area contributed by atoms with Gasteiger partial charge >= 0.3 is 5.76 Å². The van der Waals surface area contributed by atoms with Gasteiger partial charge in [-0.3, -0.25) is 14.6 Å². The smallest absolute Gasteiger partial charge is 0.408 e. The van der Waals surface area contributed by atoms with Crippen molar-refractivity contribution in [3.63, 3.8) is 0 Å². The summed E-state index contributed by atoms with van der Waals surface area (Å²) >= 11 is 0. The van der Waals surface area contributed by atoms with Crippen molar-refractivity contribution in [2.45, 2.75) is 19.3 Å². The van der Waals surface area contributed by atoms with Gasteiger partial charge in [-0.2, -0.15) is 5.10 Å². The van der Waals surface area contributed by atoms with Crippen LogP contribution in [0.25, 0.3) is 11.1 Å². The molecule has 1 aromatic carbocycles. The Hall–Kier alpha value is -2.90. The molecule has 2 amide bonds. The molecule has 0 bridgehead atoms. The average molecular weight is 302 g/mol. The number of carbonyl (C=O) groups excluding carboxylic acids is 2. The standard InChI is InChI=1S/C14H14N4O4/c19-12-4-2-9(17-18-12)13(20)15-6-5-8-1-3-11-10(7-8)16-14(21)22-11/h1,3,7H,2,4-6H2,(H,15,20)(H,16,21)(H,18,19). The van der Waals surface area contributed by atoms with Crippen LogP contribution in [0.15, 0.2) is 32.5 Å². The van der Waals surface area contributed by atoms with Crippen LogP contribution in [0.5, 0.6) is 0 Å². The number of oxazole rings is 1. The minimum atomic E-state index is -0.488. The molecule has 22 heavy (non-hydrogen) atoms. The van der Waals surface area contributed by atoms with Crippen LogP contribution in [-0.2, 0) is 16.0 Å². The number of hydrogen-bond acceptors (Lipinski definition) is 5. The van der Waals surface area contributed by atoms with E-state index in [9.17, 15) is 14.4 Å². The fourth-order valence-corrected chi connectivity index (χ4v) is 2.21. The minimum absolute atomic E-state index is 0.182. The second-order valence-electron chi connectivity index (χ2n) is 4.94. The van der Waals surface area contributed by atoms with Gasteiger partial charge in [0, 0.05) is 19.4 Å². The molecule has 0 unspecified atom stereocenters. The Morgan fingerprint density at radius 2 is 2.18 bits per heavy atom. The molecule has 2 aromatic rings. The Kier molecular flexibility index (Phi) is 3.73. The first-order valence-electron chi connectivity index (χ1n) is 6.87. The number of aromatic amines is 1. The van der Waals surface area contributed by atoms with Crippen molar-refractivity contribution in [1.82, 2.24) is 15.7 Å². The molecule has 0 saturated heterocycles. The quantitative estimate of drug-likeness (QED) is 0.739. The summed E-state index contributed by atoms with van der Waals surface area (Å²) in [5.41, 5.74) is 4.71. The first-order valence-corrected chi connectivity index (χ1v) is 6.87. The summed E-state index contributed by atoms with van der Waals surface area (Å²) in [4.78, 5) is 36.5. The summed E-state index contributed by atoms with van der Waals surface area (Å²) in [6.45, 7) is 0.430. The number of carbonyl (C=O) groups is 2. The molecule has 0 fully saturated rings. The van der Waals surface area contributed by atoms with E-state index >= 15 is 0 Å². The summed E-state index contributed by atoms with van der Waals surface area (Å²) in [6, 6.07) is 5.36. The predicted molar refractivity (Wildman–Crippen MR) is 78.4 cm³/mol. The number of amides is 2. The maximum absolute atomic E-state index is 11.9. The fourth-order valence-electron chi connectivity index (χ4n) is 2.21. The van der Waals surface area contributed by atoms with Gasteiger partial charge in [-0.05, 0) is 24.1 Å². The third-order valence-corrected chi connectivity index (χ3v) is 3.35. The summed E-state index contributed by atoms with van der Waals surface area (Å²) in [6.07, 6.45) is 1.23. The normalized spacial score (nSPS) is 14.5. The fraction of sp³-hybridized carbons (Fsp3) is 0.286. The zero-order valence-corrected chi connectivity index (χ0v) is 11.6. The van der Waals surface area contributed by atoms with Gasteiger partial charge in [-0.25, -0.2) is 10.2 Å². The van der Waals surface area contributed by atoms with Crippen molar-refractivity contribution >= 4 is 28.6 Å². The monoisotopic (exact) mass is 302 g/mol. The van der Waals surface area contributed by atoms with Crippen LogP contribution < -0.4 is 16.5 Å². The molecular formula is C14H14N4O4. The number of nitrogens with zero attached hydrogens (tertiary/aromatic N) is 1. The highest BCUT2D eigenvalue weighted by Crippen LogP contribution is 2.12. The van der Waals surface area contributed by atoms with Gasteiger partial charge < -0.3 is 9.73 Å². The van der Waals surface area contributed by atoms with Crippen molar-refractivity contribution in [3.8, 4) is 0 Å². The minimum Gasteiger partial charge on any atom is -0.408 e. The highest BCUT2D eigenvalue weighted by atomic mass is 16.4. The molecule has 3 rings (SSSR count). The third kappa shape index (κ3) is 3.05. The molecule has 8 heteroatoms. The molecule has 0 saturated carbocycles. The van der Waals surface area contributed by atoms with Gasteiger partial charge in [-0.1, -0.05) is 6.07 Å². The molecule has 0 aliphatic carbocycles. The number of rotatable bonds is 4. The van der Waals surface area contributed by atoms with Crippen molar-refractivity contribution in [2.75, 3.05) is 6.54 Å². The molecule has 1 aliphatic heterocycles. The Balaban J connectivity index is 1.56. The van der Waals surface area contributed by atoms with Crippen molar-refractivity contribution in [2.24, 2.45) is 5.10 Å². The Morgan fingerprint density at radius 3 is 2.95 bits per heavy atom. The molecule has 0 spiro atoms. The molecule has 2 heterocycles. The van der Waals surface area contributed by atoms with Crippen LogP contribution in [0.4, 0.5) is 0 Å². The van der Waals surface area contributed by atoms with E-state index in [4.69, 9.17) is 4.42 Å². The van der Waals surface area contributed by atoms with E-state index in [0.29, 0.717) is 36.2 Å². The molecule has 0 atom stereocenters. The number of aromatic nitrogens is 1. The highest BCUT2D eigenvalue weighted by Gasteiger charge is 2.17. The van der Waals surface area contributed by atoms with Crippen LogP contribution in [0.1, 0.15) is 18.4 Å². The van der Waals surface area contributed by atoms with Crippen LogP contribution in [0, 0.1) is 0 Å².